The summed E-state index contributed by atoms with van der Waals surface area (Å²) < 4.78 is 15.0. The Kier molecular flexibility index (Phi) is 4.28. The van der Waals surface area contributed by atoms with Crippen molar-refractivity contribution in [2.45, 2.75) is 19.3 Å². The van der Waals surface area contributed by atoms with E-state index >= 15 is 0 Å². The lowest BCUT2D eigenvalue weighted by molar-refractivity contribution is 0.583. The van der Waals surface area contributed by atoms with Gasteiger partial charge in [0.05, 0.1) is 28.2 Å². The maximum absolute atomic E-state index is 13.1. The SMILES string of the molecule is CC(C)(c1cccc(-c2ccc(F)nc2)n1)c1ccn(-c2ccccc2)n1. The molecule has 0 unspecified atom stereocenters. The molecule has 0 bridgehead atoms. The second-order valence-corrected chi connectivity index (χ2v) is 6.88. The van der Waals surface area contributed by atoms with Crippen LogP contribution in [0.4, 0.5) is 4.39 Å². The fourth-order valence-electron chi connectivity index (χ4n) is 2.98. The van der Waals surface area contributed by atoms with E-state index in [1.54, 1.807) is 6.07 Å². The van der Waals surface area contributed by atoms with Crippen LogP contribution >= 0.6 is 0 Å². The number of pyridine rings is 2. The Morgan fingerprint density at radius 3 is 2.41 bits per heavy atom. The van der Waals surface area contributed by atoms with Crippen LogP contribution in [0, 0.1) is 5.95 Å². The zero-order chi connectivity index (χ0) is 18.9. The second-order valence-electron chi connectivity index (χ2n) is 6.88. The summed E-state index contributed by atoms with van der Waals surface area (Å²) in [6, 6.07) is 20.9. The summed E-state index contributed by atoms with van der Waals surface area (Å²) in [5, 5.41) is 4.76. The largest absolute Gasteiger partial charge is 0.252 e. The normalized spacial score (nSPS) is 11.5. The first-order valence-corrected chi connectivity index (χ1v) is 8.75. The first kappa shape index (κ1) is 17.1. The van der Waals surface area contributed by atoms with E-state index in [1.165, 1.54) is 12.3 Å². The van der Waals surface area contributed by atoms with Crippen molar-refractivity contribution in [1.82, 2.24) is 19.7 Å². The highest BCUT2D eigenvalue weighted by atomic mass is 19.1. The van der Waals surface area contributed by atoms with E-state index in [0.29, 0.717) is 0 Å². The van der Waals surface area contributed by atoms with E-state index in [9.17, 15) is 4.39 Å². The van der Waals surface area contributed by atoms with Gasteiger partial charge in [-0.2, -0.15) is 9.49 Å². The minimum absolute atomic E-state index is 0.385. The van der Waals surface area contributed by atoms with Crippen molar-refractivity contribution in [2.75, 3.05) is 0 Å². The van der Waals surface area contributed by atoms with Gasteiger partial charge in [-0.1, -0.05) is 24.3 Å². The molecule has 0 saturated carbocycles. The molecule has 0 aliphatic heterocycles. The summed E-state index contributed by atoms with van der Waals surface area (Å²) in [5.74, 6) is -0.498. The molecule has 0 aliphatic carbocycles. The molecule has 0 radical (unpaired) electrons. The summed E-state index contributed by atoms with van der Waals surface area (Å²) in [7, 11) is 0. The minimum atomic E-state index is -0.498. The zero-order valence-electron chi connectivity index (χ0n) is 15.2. The van der Waals surface area contributed by atoms with Crippen LogP contribution in [0.2, 0.25) is 0 Å². The maximum Gasteiger partial charge on any atom is 0.212 e. The van der Waals surface area contributed by atoms with Gasteiger partial charge in [-0.3, -0.25) is 4.98 Å². The lowest BCUT2D eigenvalue weighted by atomic mass is 9.85. The van der Waals surface area contributed by atoms with E-state index in [-0.39, 0.29) is 5.41 Å². The van der Waals surface area contributed by atoms with Crippen molar-refractivity contribution in [1.29, 1.82) is 0 Å². The molecule has 3 aromatic heterocycles. The van der Waals surface area contributed by atoms with Gasteiger partial charge in [0.2, 0.25) is 5.95 Å². The molecule has 0 N–H and O–H groups in total. The van der Waals surface area contributed by atoms with Gasteiger partial charge >= 0.3 is 0 Å². The van der Waals surface area contributed by atoms with Gasteiger partial charge in [-0.05, 0) is 56.3 Å². The molecule has 3 heterocycles. The van der Waals surface area contributed by atoms with Crippen LogP contribution in [0.15, 0.2) is 79.1 Å². The Hall–Kier alpha value is -3.34. The number of halogens is 1. The maximum atomic E-state index is 13.1. The number of benzene rings is 1. The molecular formula is C22H19FN4. The number of nitrogens with zero attached hydrogens (tertiary/aromatic N) is 4. The quantitative estimate of drug-likeness (QED) is 0.493. The van der Waals surface area contributed by atoms with Gasteiger partial charge in [0.15, 0.2) is 0 Å². The van der Waals surface area contributed by atoms with Crippen molar-refractivity contribution in [2.24, 2.45) is 0 Å². The standard InChI is InChI=1S/C22H19FN4/c1-22(2,20-13-14-27(26-20)17-7-4-3-5-8-17)19-10-6-9-18(25-19)16-11-12-21(23)24-15-16/h3-15H,1-2H3. The first-order chi connectivity index (χ1) is 13.0. The van der Waals surface area contributed by atoms with Crippen LogP contribution in [-0.4, -0.2) is 19.7 Å². The third-order valence-electron chi connectivity index (χ3n) is 4.66. The molecule has 134 valence electrons. The highest BCUT2D eigenvalue weighted by molar-refractivity contribution is 5.58. The third-order valence-corrected chi connectivity index (χ3v) is 4.66. The second kappa shape index (κ2) is 6.76. The van der Waals surface area contributed by atoms with Crippen molar-refractivity contribution < 1.29 is 4.39 Å². The lowest BCUT2D eigenvalue weighted by Gasteiger charge is -2.22. The summed E-state index contributed by atoms with van der Waals surface area (Å²) in [5.41, 5.74) is 3.98. The molecule has 0 spiro atoms. The van der Waals surface area contributed by atoms with Crippen LogP contribution in [0.1, 0.15) is 25.2 Å². The van der Waals surface area contributed by atoms with E-state index in [1.807, 2.05) is 65.5 Å². The predicted molar refractivity (Wildman–Crippen MR) is 103 cm³/mol. The van der Waals surface area contributed by atoms with E-state index in [4.69, 9.17) is 10.1 Å². The van der Waals surface area contributed by atoms with E-state index in [2.05, 4.69) is 18.8 Å². The number of aromatic nitrogens is 4. The highest BCUT2D eigenvalue weighted by Gasteiger charge is 2.28. The zero-order valence-corrected chi connectivity index (χ0v) is 15.2. The summed E-state index contributed by atoms with van der Waals surface area (Å²) in [6.07, 6.45) is 3.46. The summed E-state index contributed by atoms with van der Waals surface area (Å²) >= 11 is 0. The summed E-state index contributed by atoms with van der Waals surface area (Å²) in [4.78, 5) is 8.51. The Morgan fingerprint density at radius 1 is 0.852 bits per heavy atom. The molecule has 1 aromatic carbocycles. The van der Waals surface area contributed by atoms with Crippen LogP contribution in [0.3, 0.4) is 0 Å². The molecule has 4 aromatic rings. The van der Waals surface area contributed by atoms with Crippen molar-refractivity contribution in [3.8, 4) is 16.9 Å². The Balaban J connectivity index is 1.69. The first-order valence-electron chi connectivity index (χ1n) is 8.75. The van der Waals surface area contributed by atoms with E-state index in [0.717, 1.165) is 28.3 Å². The minimum Gasteiger partial charge on any atom is -0.252 e. The number of hydrogen-bond donors (Lipinski definition) is 0. The van der Waals surface area contributed by atoms with Crippen LogP contribution in [0.5, 0.6) is 0 Å². The van der Waals surface area contributed by atoms with Gasteiger partial charge in [0, 0.05) is 18.0 Å². The van der Waals surface area contributed by atoms with Gasteiger partial charge < -0.3 is 0 Å². The molecule has 4 nitrogen and oxygen atoms in total. The Morgan fingerprint density at radius 2 is 1.67 bits per heavy atom. The van der Waals surface area contributed by atoms with Crippen molar-refractivity contribution in [3.05, 3.63) is 96.5 Å². The summed E-state index contributed by atoms with van der Waals surface area (Å²) in [6.45, 7) is 4.19. The molecule has 0 atom stereocenters. The Labute approximate surface area is 157 Å². The molecule has 27 heavy (non-hydrogen) atoms. The van der Waals surface area contributed by atoms with Crippen molar-refractivity contribution in [3.63, 3.8) is 0 Å². The molecule has 0 saturated heterocycles. The topological polar surface area (TPSA) is 43.6 Å². The van der Waals surface area contributed by atoms with Gasteiger partial charge in [-0.25, -0.2) is 9.67 Å². The number of hydrogen-bond acceptors (Lipinski definition) is 3. The van der Waals surface area contributed by atoms with Gasteiger partial charge in [0.25, 0.3) is 0 Å². The molecule has 4 rings (SSSR count). The highest BCUT2D eigenvalue weighted by Crippen LogP contribution is 2.30. The average molecular weight is 358 g/mol. The van der Waals surface area contributed by atoms with Gasteiger partial charge in [0.1, 0.15) is 0 Å². The van der Waals surface area contributed by atoms with E-state index < -0.39 is 5.95 Å². The van der Waals surface area contributed by atoms with Crippen LogP contribution in [-0.2, 0) is 5.41 Å². The van der Waals surface area contributed by atoms with Gasteiger partial charge in [-0.15, -0.1) is 0 Å². The molecular weight excluding hydrogens is 339 g/mol. The smallest absolute Gasteiger partial charge is 0.212 e. The fraction of sp³-hybridized carbons (Fsp3) is 0.136. The molecule has 0 aliphatic rings. The average Bonchev–Trinajstić information content (AvgIpc) is 3.20. The molecule has 0 fully saturated rings. The lowest BCUT2D eigenvalue weighted by Crippen LogP contribution is -2.21. The monoisotopic (exact) mass is 358 g/mol. The van der Waals surface area contributed by atoms with Crippen LogP contribution < -0.4 is 0 Å². The van der Waals surface area contributed by atoms with Crippen LogP contribution in [0.25, 0.3) is 16.9 Å². The van der Waals surface area contributed by atoms with Crippen molar-refractivity contribution >= 4 is 0 Å². The Bertz CT molecular complexity index is 1050. The fourth-order valence-corrected chi connectivity index (χ4v) is 2.98. The molecule has 0 amide bonds. The number of para-hydroxylation sites is 1. The molecule has 5 heteroatoms. The number of rotatable bonds is 4. The predicted octanol–water partition coefficient (Wildman–Crippen LogP) is 4.79. The third kappa shape index (κ3) is 3.36.